The van der Waals surface area contributed by atoms with E-state index >= 15 is 0 Å². The Bertz CT molecular complexity index is 518. The van der Waals surface area contributed by atoms with E-state index in [9.17, 15) is 4.79 Å². The molecule has 0 aliphatic rings. The highest BCUT2D eigenvalue weighted by Crippen LogP contribution is 2.09. The lowest BCUT2D eigenvalue weighted by molar-refractivity contribution is -0.142. The van der Waals surface area contributed by atoms with Crippen molar-refractivity contribution in [1.29, 1.82) is 0 Å². The van der Waals surface area contributed by atoms with Gasteiger partial charge >= 0.3 is 5.97 Å². The molecule has 0 saturated carbocycles. The normalized spacial score (nSPS) is 11.1. The molecule has 20 heavy (non-hydrogen) atoms. The molecule has 0 fully saturated rings. The molecule has 1 atom stereocenters. The van der Waals surface area contributed by atoms with Crippen LogP contribution >= 0.6 is 36.2 Å². The number of hydrogen-bond acceptors (Lipinski definition) is 6. The molecule has 2 aromatic rings. The number of aromatic nitrogens is 3. The summed E-state index contributed by atoms with van der Waals surface area (Å²) in [4.78, 5) is 20.6. The zero-order valence-corrected chi connectivity index (χ0v) is 13.2. The van der Waals surface area contributed by atoms with Crippen LogP contribution in [0.3, 0.4) is 0 Å². The van der Waals surface area contributed by atoms with Gasteiger partial charge in [-0.2, -0.15) is 0 Å². The molecular weight excluding hydrogens is 323 g/mol. The standard InChI is InChI=1S/C11H14N4O2S.2ClH/c1-17-11(16)10(12)2-8-4-15(6-14-8)5-9-3-13-7-18-9;;/h3-4,6-7,10H,2,5,12H2,1H3;2*1H/t10-;;/m0../s1. The maximum atomic E-state index is 11.2. The zero-order valence-electron chi connectivity index (χ0n) is 10.8. The number of nitrogens with zero attached hydrogens (tertiary/aromatic N) is 3. The van der Waals surface area contributed by atoms with E-state index in [4.69, 9.17) is 5.73 Å². The predicted octanol–water partition coefficient (Wildman–Crippen LogP) is 1.27. The molecule has 0 bridgehead atoms. The smallest absolute Gasteiger partial charge is 0.323 e. The molecule has 0 saturated heterocycles. The number of ether oxygens (including phenoxy) is 1. The summed E-state index contributed by atoms with van der Waals surface area (Å²) in [6.45, 7) is 0.727. The van der Waals surface area contributed by atoms with Gasteiger partial charge in [-0.3, -0.25) is 9.78 Å². The predicted molar refractivity (Wildman–Crippen MR) is 81.6 cm³/mol. The lowest BCUT2D eigenvalue weighted by atomic mass is 10.2. The Labute approximate surface area is 133 Å². The van der Waals surface area contributed by atoms with Gasteiger partial charge in [0.05, 0.1) is 31.2 Å². The van der Waals surface area contributed by atoms with Crippen molar-refractivity contribution in [2.75, 3.05) is 7.11 Å². The molecule has 2 N–H and O–H groups in total. The average Bonchev–Trinajstić information content (AvgIpc) is 3.01. The van der Waals surface area contributed by atoms with Gasteiger partial charge in [-0.05, 0) is 0 Å². The lowest BCUT2D eigenvalue weighted by Crippen LogP contribution is -2.33. The Morgan fingerprint density at radius 2 is 2.30 bits per heavy atom. The number of methoxy groups -OCH3 is 1. The summed E-state index contributed by atoms with van der Waals surface area (Å²) in [5.74, 6) is -0.424. The van der Waals surface area contributed by atoms with E-state index in [2.05, 4.69) is 14.7 Å². The van der Waals surface area contributed by atoms with Crippen LogP contribution in [0, 0.1) is 0 Å². The fraction of sp³-hybridized carbons (Fsp3) is 0.364. The second-order valence-electron chi connectivity index (χ2n) is 3.84. The lowest BCUT2D eigenvalue weighted by Gasteiger charge is -2.06. The molecule has 2 aromatic heterocycles. The highest BCUT2D eigenvalue weighted by Gasteiger charge is 2.15. The van der Waals surface area contributed by atoms with Crippen LogP contribution in [0.15, 0.2) is 24.2 Å². The van der Waals surface area contributed by atoms with Crippen molar-refractivity contribution in [2.45, 2.75) is 19.0 Å². The first kappa shape index (κ1) is 18.9. The van der Waals surface area contributed by atoms with Crippen molar-refractivity contribution in [2.24, 2.45) is 5.73 Å². The van der Waals surface area contributed by atoms with E-state index in [0.717, 1.165) is 17.1 Å². The van der Waals surface area contributed by atoms with Crippen molar-refractivity contribution in [3.05, 3.63) is 34.8 Å². The Balaban J connectivity index is 0.00000180. The van der Waals surface area contributed by atoms with Gasteiger partial charge in [-0.25, -0.2) is 4.98 Å². The summed E-state index contributed by atoms with van der Waals surface area (Å²) >= 11 is 1.59. The molecule has 112 valence electrons. The number of esters is 1. The van der Waals surface area contributed by atoms with Crippen molar-refractivity contribution in [3.8, 4) is 0 Å². The van der Waals surface area contributed by atoms with E-state index in [1.165, 1.54) is 7.11 Å². The third-order valence-corrected chi connectivity index (χ3v) is 3.21. The molecule has 9 heteroatoms. The van der Waals surface area contributed by atoms with Gasteiger partial charge in [0.1, 0.15) is 6.04 Å². The molecule has 6 nitrogen and oxygen atoms in total. The molecule has 0 radical (unpaired) electrons. The Morgan fingerprint density at radius 1 is 1.55 bits per heavy atom. The molecule has 0 amide bonds. The fourth-order valence-corrected chi connectivity index (χ4v) is 2.16. The van der Waals surface area contributed by atoms with Crippen LogP contribution in [0.2, 0.25) is 0 Å². The monoisotopic (exact) mass is 338 g/mol. The highest BCUT2D eigenvalue weighted by atomic mass is 35.5. The topological polar surface area (TPSA) is 83.0 Å². The fourth-order valence-electron chi connectivity index (χ4n) is 1.56. The SMILES string of the molecule is COC(=O)[C@@H](N)Cc1cn(Cc2cncs2)cn1.Cl.Cl. The minimum Gasteiger partial charge on any atom is -0.468 e. The van der Waals surface area contributed by atoms with E-state index in [1.54, 1.807) is 23.2 Å². The van der Waals surface area contributed by atoms with Gasteiger partial charge in [0.2, 0.25) is 0 Å². The zero-order chi connectivity index (χ0) is 13.0. The molecular formula is C11H16Cl2N4O2S. The van der Waals surface area contributed by atoms with Crippen molar-refractivity contribution in [3.63, 3.8) is 0 Å². The Morgan fingerprint density at radius 3 is 2.90 bits per heavy atom. The number of imidazole rings is 1. The molecule has 2 rings (SSSR count). The van der Waals surface area contributed by atoms with Gasteiger partial charge in [-0.1, -0.05) is 0 Å². The molecule has 0 aliphatic carbocycles. The third kappa shape index (κ3) is 5.09. The number of thiazole rings is 1. The van der Waals surface area contributed by atoms with E-state index in [-0.39, 0.29) is 24.8 Å². The Hall–Kier alpha value is -1.15. The summed E-state index contributed by atoms with van der Waals surface area (Å²) in [5, 5.41) is 0. The van der Waals surface area contributed by atoms with Gasteiger partial charge in [-0.15, -0.1) is 36.2 Å². The van der Waals surface area contributed by atoms with E-state index in [1.807, 2.05) is 17.0 Å². The summed E-state index contributed by atoms with van der Waals surface area (Å²) in [6.07, 6.45) is 5.80. The van der Waals surface area contributed by atoms with Gasteiger partial charge < -0.3 is 15.0 Å². The van der Waals surface area contributed by atoms with Crippen molar-refractivity contribution in [1.82, 2.24) is 14.5 Å². The van der Waals surface area contributed by atoms with Crippen LogP contribution in [-0.4, -0.2) is 33.7 Å². The summed E-state index contributed by atoms with van der Waals surface area (Å²) in [6, 6.07) is -0.665. The number of carbonyl (C=O) groups excluding carboxylic acids is 1. The summed E-state index contributed by atoms with van der Waals surface area (Å²) < 4.78 is 6.51. The Kier molecular flexibility index (Phi) is 8.40. The van der Waals surface area contributed by atoms with Gasteiger partial charge in [0.15, 0.2) is 0 Å². The number of nitrogens with two attached hydrogens (primary N) is 1. The minimum atomic E-state index is -0.665. The summed E-state index contributed by atoms with van der Waals surface area (Å²) in [5.41, 5.74) is 8.24. The van der Waals surface area contributed by atoms with Crippen LogP contribution in [0.25, 0.3) is 0 Å². The summed E-state index contributed by atoms with van der Waals surface area (Å²) in [7, 11) is 1.32. The quantitative estimate of drug-likeness (QED) is 0.830. The van der Waals surface area contributed by atoms with E-state index in [0.29, 0.717) is 6.42 Å². The first-order valence-corrected chi connectivity index (χ1v) is 6.28. The van der Waals surface area contributed by atoms with Crippen LogP contribution in [0.1, 0.15) is 10.6 Å². The molecule has 0 unspecified atom stereocenters. The maximum Gasteiger partial charge on any atom is 0.323 e. The molecule has 2 heterocycles. The maximum absolute atomic E-state index is 11.2. The second-order valence-corrected chi connectivity index (χ2v) is 4.81. The first-order chi connectivity index (χ1) is 8.69. The number of rotatable bonds is 5. The largest absolute Gasteiger partial charge is 0.468 e. The molecule has 0 aliphatic heterocycles. The van der Waals surface area contributed by atoms with Crippen molar-refractivity contribution >= 4 is 42.1 Å². The molecule has 0 aromatic carbocycles. The van der Waals surface area contributed by atoms with Gasteiger partial charge in [0.25, 0.3) is 0 Å². The average molecular weight is 339 g/mol. The van der Waals surface area contributed by atoms with Crippen molar-refractivity contribution < 1.29 is 9.53 Å². The van der Waals surface area contributed by atoms with Crippen LogP contribution < -0.4 is 5.73 Å². The molecule has 0 spiro atoms. The van der Waals surface area contributed by atoms with Crippen LogP contribution in [0.4, 0.5) is 0 Å². The first-order valence-electron chi connectivity index (χ1n) is 5.40. The minimum absolute atomic E-state index is 0. The number of hydrogen-bond donors (Lipinski definition) is 1. The van der Waals surface area contributed by atoms with Crippen LogP contribution in [-0.2, 0) is 22.5 Å². The number of halogens is 2. The van der Waals surface area contributed by atoms with E-state index < -0.39 is 12.0 Å². The second kappa shape index (κ2) is 8.91. The number of carbonyl (C=O) groups is 1. The third-order valence-electron chi connectivity index (χ3n) is 2.44. The highest BCUT2D eigenvalue weighted by molar-refractivity contribution is 7.09. The van der Waals surface area contributed by atoms with Crippen LogP contribution in [0.5, 0.6) is 0 Å². The van der Waals surface area contributed by atoms with Gasteiger partial charge in [0, 0.05) is 23.7 Å².